The average molecular weight is 458 g/mol. The van der Waals surface area contributed by atoms with Gasteiger partial charge in [-0.1, -0.05) is 11.3 Å². The van der Waals surface area contributed by atoms with Crippen LogP contribution in [0.1, 0.15) is 17.5 Å². The van der Waals surface area contributed by atoms with Gasteiger partial charge in [0.2, 0.25) is 16.0 Å². The van der Waals surface area contributed by atoms with Gasteiger partial charge in [-0.25, -0.2) is 18.6 Å². The van der Waals surface area contributed by atoms with Crippen LogP contribution in [0.4, 0.5) is 24.7 Å². The van der Waals surface area contributed by atoms with Crippen molar-refractivity contribution in [3.63, 3.8) is 0 Å². The second kappa shape index (κ2) is 11.7. The van der Waals surface area contributed by atoms with Gasteiger partial charge in [-0.3, -0.25) is 10.1 Å². The molecule has 0 bridgehead atoms. The van der Waals surface area contributed by atoms with Crippen LogP contribution >= 0.6 is 11.3 Å². The molecular formula is C17H20F2N6O5S. The molecule has 0 unspecified atom stereocenters. The molecule has 4 N–H and O–H groups in total. The van der Waals surface area contributed by atoms with Gasteiger partial charge < -0.3 is 24.9 Å². The van der Waals surface area contributed by atoms with Crippen molar-refractivity contribution in [2.24, 2.45) is 10.7 Å². The number of anilines is 2. The molecule has 0 aliphatic rings. The molecule has 14 heteroatoms. The molecule has 0 aromatic carbocycles. The summed E-state index contributed by atoms with van der Waals surface area (Å²) in [6, 6.07) is 1.24. The van der Waals surface area contributed by atoms with E-state index in [9.17, 15) is 18.4 Å². The lowest BCUT2D eigenvalue weighted by atomic mass is 10.3. The quantitative estimate of drug-likeness (QED) is 0.339. The van der Waals surface area contributed by atoms with Crippen LogP contribution in [0.5, 0.6) is 5.75 Å². The Morgan fingerprint density at radius 1 is 1.45 bits per heavy atom. The first kappa shape index (κ1) is 23.9. The van der Waals surface area contributed by atoms with Gasteiger partial charge in [0.25, 0.3) is 12.3 Å². The smallest absolute Gasteiger partial charge is 0.381 e. The summed E-state index contributed by atoms with van der Waals surface area (Å²) in [6.07, 6.45) is 0.310. The number of rotatable bonds is 11. The molecule has 0 atom stereocenters. The van der Waals surface area contributed by atoms with E-state index in [4.69, 9.17) is 19.6 Å². The number of hydrogen-bond acceptors (Lipinski definition) is 11. The minimum absolute atomic E-state index is 0.0535. The zero-order chi connectivity index (χ0) is 22.8. The molecule has 0 aliphatic heterocycles. The Morgan fingerprint density at radius 2 is 2.23 bits per heavy atom. The monoisotopic (exact) mass is 458 g/mol. The van der Waals surface area contributed by atoms with Gasteiger partial charge in [0, 0.05) is 18.3 Å². The Balaban J connectivity index is 2.10. The molecule has 2 aromatic rings. The zero-order valence-electron chi connectivity index (χ0n) is 16.6. The number of aliphatic imine (C=N–C) groups is 1. The van der Waals surface area contributed by atoms with Gasteiger partial charge in [0.1, 0.15) is 6.61 Å². The Hall–Kier alpha value is -3.39. The minimum atomic E-state index is -2.58. The first-order valence-electron chi connectivity index (χ1n) is 8.74. The van der Waals surface area contributed by atoms with Crippen molar-refractivity contribution in [3.8, 4) is 5.75 Å². The first-order valence-corrected chi connectivity index (χ1v) is 9.56. The largest absolute Gasteiger partial charge is 0.488 e. The second-order valence-corrected chi connectivity index (χ2v) is 6.65. The first-order chi connectivity index (χ1) is 14.8. The van der Waals surface area contributed by atoms with Crippen LogP contribution in [-0.4, -0.2) is 55.1 Å². The number of hydrogen-bond donors (Lipinski definition) is 3. The fraction of sp³-hybridized carbons (Fsp3) is 0.353. The van der Waals surface area contributed by atoms with Gasteiger partial charge in [-0.15, -0.1) is 10.2 Å². The molecule has 0 radical (unpaired) electrons. The predicted molar refractivity (Wildman–Crippen MR) is 111 cm³/mol. The number of halogens is 2. The fourth-order valence-corrected chi connectivity index (χ4v) is 2.82. The Bertz CT molecular complexity index is 1010. The van der Waals surface area contributed by atoms with E-state index in [1.807, 2.05) is 0 Å². The van der Waals surface area contributed by atoms with Crippen LogP contribution in [0.3, 0.4) is 0 Å². The highest BCUT2D eigenvalue weighted by Gasteiger charge is 2.18. The molecule has 168 valence electrons. The number of methoxy groups -OCH3 is 1. The Morgan fingerprint density at radius 3 is 2.90 bits per heavy atom. The van der Waals surface area contributed by atoms with Crippen LogP contribution in [0, 0.1) is 0 Å². The molecule has 2 rings (SSSR count). The summed E-state index contributed by atoms with van der Waals surface area (Å²) in [6.45, 7) is 1.03. The highest BCUT2D eigenvalue weighted by molar-refractivity contribution is 7.18. The fourth-order valence-electron chi connectivity index (χ4n) is 2.15. The summed E-state index contributed by atoms with van der Waals surface area (Å²) in [7, 11) is 1.25. The summed E-state index contributed by atoms with van der Waals surface area (Å²) in [5.74, 6) is -1.27. The number of carbonyl (C=O) groups excluding carboxylic acids is 1. The second-order valence-electron chi connectivity index (χ2n) is 5.69. The van der Waals surface area contributed by atoms with Crippen LogP contribution in [0.25, 0.3) is 0 Å². The van der Waals surface area contributed by atoms with Crippen molar-refractivity contribution >= 4 is 38.9 Å². The predicted octanol–water partition coefficient (Wildman–Crippen LogP) is 2.01. The average Bonchev–Trinajstić information content (AvgIpc) is 3.13. The molecule has 2 aromatic heterocycles. The number of aromatic nitrogens is 2. The van der Waals surface area contributed by atoms with Gasteiger partial charge in [0.05, 0.1) is 19.4 Å². The maximum atomic E-state index is 12.5. The lowest BCUT2D eigenvalue weighted by molar-refractivity contribution is 0.0215. The molecule has 0 spiro atoms. The normalized spacial score (nSPS) is 11.8. The summed E-state index contributed by atoms with van der Waals surface area (Å²) in [5, 5.41) is 13.3. The molecule has 31 heavy (non-hydrogen) atoms. The van der Waals surface area contributed by atoms with Crippen LogP contribution in [-0.2, 0) is 4.74 Å². The summed E-state index contributed by atoms with van der Waals surface area (Å²) in [5.41, 5.74) is 5.10. The minimum Gasteiger partial charge on any atom is -0.488 e. The maximum Gasteiger partial charge on any atom is 0.381 e. The standard InChI is InChI=1S/C17H20F2N6O5S/c1-9(3-4-20)22-16-24-25-17(31-16)23-14(26)11-7-10(13(28-2)15(27)30-11)21-5-6-29-8-12(18)19/h3-4,7,12,21H,5-6,8,20H2,1-2H3,(H,23,25,26). The van der Waals surface area contributed by atoms with Gasteiger partial charge in [-0.2, -0.15) is 0 Å². The molecule has 0 fully saturated rings. The molecule has 11 nitrogen and oxygen atoms in total. The van der Waals surface area contributed by atoms with Crippen molar-refractivity contribution in [3.05, 3.63) is 34.5 Å². The van der Waals surface area contributed by atoms with E-state index < -0.39 is 24.6 Å². The van der Waals surface area contributed by atoms with Crippen molar-refractivity contribution in [2.45, 2.75) is 13.3 Å². The lowest BCUT2D eigenvalue weighted by Gasteiger charge is -2.11. The van der Waals surface area contributed by atoms with E-state index in [0.29, 0.717) is 5.71 Å². The molecule has 0 saturated heterocycles. The maximum absolute atomic E-state index is 12.5. The molecule has 2 heterocycles. The number of nitrogens with zero attached hydrogens (tertiary/aromatic N) is 3. The van der Waals surface area contributed by atoms with Crippen molar-refractivity contribution in [1.29, 1.82) is 0 Å². The molecule has 0 aliphatic carbocycles. The number of nitrogens with one attached hydrogen (secondary N) is 2. The Kier molecular flexibility index (Phi) is 9.02. The van der Waals surface area contributed by atoms with Crippen LogP contribution in [0.2, 0.25) is 0 Å². The van der Waals surface area contributed by atoms with Gasteiger partial charge in [-0.05, 0) is 19.2 Å². The number of alkyl halides is 2. The van der Waals surface area contributed by atoms with Crippen LogP contribution in [0.15, 0.2) is 32.5 Å². The summed E-state index contributed by atoms with van der Waals surface area (Å²) >= 11 is 0.993. The van der Waals surface area contributed by atoms with Crippen molar-refractivity contribution in [2.75, 3.05) is 37.5 Å². The number of allylic oxidation sites excluding steroid dienone is 1. The zero-order valence-corrected chi connectivity index (χ0v) is 17.4. The third-order valence-electron chi connectivity index (χ3n) is 3.39. The Labute approximate surface area is 179 Å². The van der Waals surface area contributed by atoms with Gasteiger partial charge in [0.15, 0.2) is 5.76 Å². The number of carbonyl (C=O) groups is 1. The number of nitrogens with two attached hydrogens (primary N) is 1. The van der Waals surface area contributed by atoms with E-state index >= 15 is 0 Å². The number of ether oxygens (including phenoxy) is 2. The number of amides is 1. The van der Waals surface area contributed by atoms with Crippen molar-refractivity contribution in [1.82, 2.24) is 10.2 Å². The highest BCUT2D eigenvalue weighted by Crippen LogP contribution is 2.25. The van der Waals surface area contributed by atoms with E-state index in [2.05, 4.69) is 25.8 Å². The van der Waals surface area contributed by atoms with Gasteiger partial charge >= 0.3 is 5.63 Å². The summed E-state index contributed by atoms with van der Waals surface area (Å²) in [4.78, 5) is 28.7. The van der Waals surface area contributed by atoms with E-state index in [-0.39, 0.29) is 40.6 Å². The molecular weight excluding hydrogens is 438 g/mol. The topological polar surface area (TPSA) is 154 Å². The third-order valence-corrected chi connectivity index (χ3v) is 4.12. The van der Waals surface area contributed by atoms with E-state index in [0.717, 1.165) is 11.3 Å². The third kappa shape index (κ3) is 7.42. The highest BCUT2D eigenvalue weighted by atomic mass is 32.1. The lowest BCUT2D eigenvalue weighted by Crippen LogP contribution is -2.19. The molecule has 1 amide bonds. The molecule has 0 saturated carbocycles. The van der Waals surface area contributed by atoms with E-state index in [1.165, 1.54) is 19.4 Å². The van der Waals surface area contributed by atoms with Crippen molar-refractivity contribution < 1.29 is 27.5 Å². The SMILES string of the molecule is COc1c(NCCOCC(F)F)cc(C(=O)Nc2nnc(N=C(C)C=CN)s2)oc1=O. The van der Waals surface area contributed by atoms with E-state index in [1.54, 1.807) is 13.0 Å². The van der Waals surface area contributed by atoms with Crippen LogP contribution < -0.4 is 26.7 Å². The summed E-state index contributed by atoms with van der Waals surface area (Å²) < 4.78 is 38.9.